The van der Waals surface area contributed by atoms with Crippen molar-refractivity contribution in [2.24, 2.45) is 0 Å². The van der Waals surface area contributed by atoms with Crippen LogP contribution in [-0.4, -0.2) is 50.1 Å². The van der Waals surface area contributed by atoms with Gasteiger partial charge in [0, 0.05) is 32.7 Å². The van der Waals surface area contributed by atoms with E-state index >= 15 is 0 Å². The predicted octanol–water partition coefficient (Wildman–Crippen LogP) is 3.37. The average molecular weight is 385 g/mol. The number of benzene rings is 2. The summed E-state index contributed by atoms with van der Waals surface area (Å²) in [5.74, 6) is -0.481. The lowest BCUT2D eigenvalue weighted by atomic mass is 9.99. The number of carbonyl (C=O) groups excluding carboxylic acids is 1. The normalized spacial score (nSPS) is 16.9. The monoisotopic (exact) mass is 385 g/mol. The first kappa shape index (κ1) is 18.7. The van der Waals surface area contributed by atoms with E-state index in [1.54, 1.807) is 17.0 Å². The van der Waals surface area contributed by atoms with Gasteiger partial charge in [-0.15, -0.1) is 0 Å². The molecule has 0 unspecified atom stereocenters. The second kappa shape index (κ2) is 7.78. The van der Waals surface area contributed by atoms with E-state index in [9.17, 15) is 13.6 Å². The number of hydrogen-bond donors (Lipinski definition) is 0. The smallest absolute Gasteiger partial charge is 0.242 e. The summed E-state index contributed by atoms with van der Waals surface area (Å²) in [5.41, 5.74) is 3.06. The Kier molecular flexibility index (Phi) is 5.20. The molecule has 0 spiro atoms. The van der Waals surface area contributed by atoms with Gasteiger partial charge >= 0.3 is 0 Å². The van der Waals surface area contributed by atoms with Gasteiger partial charge in [0.05, 0.1) is 17.9 Å². The minimum atomic E-state index is -0.244. The fraction of sp³-hybridized carbons (Fsp3) is 0.409. The van der Waals surface area contributed by atoms with E-state index in [0.717, 1.165) is 24.0 Å². The summed E-state index contributed by atoms with van der Waals surface area (Å²) in [6.07, 6.45) is 1.77. The summed E-state index contributed by atoms with van der Waals surface area (Å²) in [7, 11) is 0. The maximum atomic E-state index is 14.5. The number of rotatable bonds is 3. The summed E-state index contributed by atoms with van der Waals surface area (Å²) in [6, 6.07) is 10.3. The lowest BCUT2D eigenvalue weighted by Crippen LogP contribution is -2.52. The second-order valence-corrected chi connectivity index (χ2v) is 7.60. The van der Waals surface area contributed by atoms with Crippen molar-refractivity contribution in [2.75, 3.05) is 49.1 Å². The Morgan fingerprint density at radius 3 is 2.50 bits per heavy atom. The molecule has 0 bridgehead atoms. The molecule has 0 aliphatic carbocycles. The number of amides is 1. The van der Waals surface area contributed by atoms with Crippen LogP contribution in [0.2, 0.25) is 0 Å². The lowest BCUT2D eigenvalue weighted by molar-refractivity contribution is -0.130. The molecule has 4 rings (SSSR count). The third kappa shape index (κ3) is 3.68. The molecule has 1 fully saturated rings. The minimum absolute atomic E-state index is 0.000934. The van der Waals surface area contributed by atoms with Crippen LogP contribution in [0.3, 0.4) is 0 Å². The lowest BCUT2D eigenvalue weighted by Gasteiger charge is -2.38. The van der Waals surface area contributed by atoms with Crippen molar-refractivity contribution in [1.82, 2.24) is 4.90 Å². The van der Waals surface area contributed by atoms with Gasteiger partial charge in [-0.2, -0.15) is 0 Å². The van der Waals surface area contributed by atoms with Gasteiger partial charge in [0.1, 0.15) is 11.6 Å². The maximum Gasteiger partial charge on any atom is 0.242 e. The van der Waals surface area contributed by atoms with E-state index in [0.29, 0.717) is 44.1 Å². The molecule has 2 heterocycles. The van der Waals surface area contributed by atoms with E-state index < -0.39 is 0 Å². The molecule has 2 aliphatic heterocycles. The Bertz CT molecular complexity index is 878. The number of hydrogen-bond acceptors (Lipinski definition) is 3. The Balaban J connectivity index is 1.41. The zero-order valence-electron chi connectivity index (χ0n) is 16.1. The molecule has 2 aromatic carbocycles. The van der Waals surface area contributed by atoms with Crippen LogP contribution in [0.25, 0.3) is 0 Å². The van der Waals surface area contributed by atoms with Crippen molar-refractivity contribution in [1.29, 1.82) is 0 Å². The van der Waals surface area contributed by atoms with Gasteiger partial charge in [0.15, 0.2) is 0 Å². The van der Waals surface area contributed by atoms with Crippen molar-refractivity contribution in [3.63, 3.8) is 0 Å². The van der Waals surface area contributed by atoms with Crippen molar-refractivity contribution in [3.8, 4) is 0 Å². The molecule has 0 radical (unpaired) electrons. The summed E-state index contributed by atoms with van der Waals surface area (Å²) in [4.78, 5) is 18.5. The maximum absolute atomic E-state index is 14.5. The zero-order chi connectivity index (χ0) is 19.7. The quantitative estimate of drug-likeness (QED) is 0.811. The first-order valence-electron chi connectivity index (χ1n) is 9.84. The third-order valence-electron chi connectivity index (χ3n) is 5.63. The van der Waals surface area contributed by atoms with E-state index in [1.807, 2.05) is 28.9 Å². The molecule has 0 N–H and O–H groups in total. The second-order valence-electron chi connectivity index (χ2n) is 7.60. The molecule has 0 aromatic heterocycles. The molecule has 0 saturated carbocycles. The molecule has 28 heavy (non-hydrogen) atoms. The topological polar surface area (TPSA) is 26.8 Å². The summed E-state index contributed by atoms with van der Waals surface area (Å²) < 4.78 is 28.5. The van der Waals surface area contributed by atoms with Crippen molar-refractivity contribution >= 4 is 17.3 Å². The Labute approximate surface area is 164 Å². The largest absolute Gasteiger partial charge is 0.366 e. The van der Waals surface area contributed by atoms with E-state index in [4.69, 9.17) is 0 Å². The number of para-hydroxylation sites is 1. The highest BCUT2D eigenvalue weighted by Gasteiger charge is 2.27. The van der Waals surface area contributed by atoms with Crippen LogP contribution in [0, 0.1) is 18.6 Å². The van der Waals surface area contributed by atoms with Gasteiger partial charge in [0.25, 0.3) is 0 Å². The van der Waals surface area contributed by atoms with Crippen LogP contribution in [-0.2, 0) is 11.2 Å². The van der Waals surface area contributed by atoms with Crippen LogP contribution in [0.4, 0.5) is 20.2 Å². The van der Waals surface area contributed by atoms with E-state index in [1.165, 1.54) is 12.1 Å². The van der Waals surface area contributed by atoms with Crippen LogP contribution in [0.15, 0.2) is 36.4 Å². The van der Waals surface area contributed by atoms with E-state index in [-0.39, 0.29) is 24.1 Å². The van der Waals surface area contributed by atoms with Gasteiger partial charge in [-0.1, -0.05) is 18.2 Å². The summed E-state index contributed by atoms with van der Waals surface area (Å²) >= 11 is 0. The van der Waals surface area contributed by atoms with Crippen LogP contribution >= 0.6 is 0 Å². The van der Waals surface area contributed by atoms with Crippen molar-refractivity contribution in [3.05, 3.63) is 59.2 Å². The highest BCUT2D eigenvalue weighted by atomic mass is 19.1. The van der Waals surface area contributed by atoms with Crippen LogP contribution < -0.4 is 9.80 Å². The first-order valence-corrected chi connectivity index (χ1v) is 9.84. The zero-order valence-corrected chi connectivity index (χ0v) is 16.1. The molecule has 2 aliphatic rings. The highest BCUT2D eigenvalue weighted by molar-refractivity contribution is 5.82. The van der Waals surface area contributed by atoms with Gasteiger partial charge in [-0.25, -0.2) is 8.78 Å². The van der Waals surface area contributed by atoms with Gasteiger partial charge in [0.2, 0.25) is 5.91 Å². The number of nitrogens with zero attached hydrogens (tertiary/aromatic N) is 3. The molecule has 4 nitrogen and oxygen atoms in total. The fourth-order valence-electron chi connectivity index (χ4n) is 4.25. The molecule has 6 heteroatoms. The first-order chi connectivity index (χ1) is 13.5. The molecule has 0 atom stereocenters. The van der Waals surface area contributed by atoms with Gasteiger partial charge in [-0.05, 0) is 49.1 Å². The molecular formula is C22H25F2N3O. The minimum Gasteiger partial charge on any atom is -0.366 e. The molecular weight excluding hydrogens is 360 g/mol. The van der Waals surface area contributed by atoms with Crippen molar-refractivity contribution in [2.45, 2.75) is 19.8 Å². The number of aryl methyl sites for hydroxylation is 2. The molecule has 1 saturated heterocycles. The number of carbonyl (C=O) groups is 1. The number of halogens is 2. The van der Waals surface area contributed by atoms with Crippen molar-refractivity contribution < 1.29 is 13.6 Å². The Morgan fingerprint density at radius 2 is 1.75 bits per heavy atom. The Morgan fingerprint density at radius 1 is 1.00 bits per heavy atom. The number of anilines is 2. The molecule has 1 amide bonds. The standard InChI is InChI=1S/C22H25F2N3O/c1-16-13-17-5-4-8-27(22(17)19(24)14-16)15-21(28)26-11-9-25(10-12-26)20-7-3-2-6-18(20)23/h2-3,6-7,13-14H,4-5,8-12,15H2,1H3. The highest BCUT2D eigenvalue weighted by Crippen LogP contribution is 2.31. The third-order valence-corrected chi connectivity index (χ3v) is 5.63. The van der Waals surface area contributed by atoms with E-state index in [2.05, 4.69) is 0 Å². The predicted molar refractivity (Wildman–Crippen MR) is 107 cm³/mol. The number of fused-ring (bicyclic) bond motifs is 1. The molecule has 148 valence electrons. The summed E-state index contributed by atoms with van der Waals surface area (Å²) in [6.45, 7) is 5.05. The van der Waals surface area contributed by atoms with Gasteiger partial charge < -0.3 is 14.7 Å². The van der Waals surface area contributed by atoms with Crippen LogP contribution in [0.1, 0.15) is 17.5 Å². The fourth-order valence-corrected chi connectivity index (χ4v) is 4.25. The Hall–Kier alpha value is -2.63. The molecule has 2 aromatic rings. The SMILES string of the molecule is Cc1cc(F)c2c(c1)CCCN2CC(=O)N1CCN(c2ccccc2F)CC1. The number of piperazine rings is 1. The summed E-state index contributed by atoms with van der Waals surface area (Å²) in [5, 5.41) is 0. The van der Waals surface area contributed by atoms with Gasteiger partial charge in [-0.3, -0.25) is 4.79 Å². The average Bonchev–Trinajstić information content (AvgIpc) is 2.68. The van der Waals surface area contributed by atoms with Crippen LogP contribution in [0.5, 0.6) is 0 Å².